The summed E-state index contributed by atoms with van der Waals surface area (Å²) in [6.07, 6.45) is 5.50. The molecular formula is C21H27N5O2. The van der Waals surface area contributed by atoms with E-state index in [0.29, 0.717) is 6.54 Å². The quantitative estimate of drug-likeness (QED) is 0.868. The fourth-order valence-electron chi connectivity index (χ4n) is 4.30. The Labute approximate surface area is 165 Å². The molecule has 0 aliphatic carbocycles. The maximum Gasteiger partial charge on any atom is 0.224 e. The topological polar surface area (TPSA) is 72.8 Å². The molecule has 1 saturated heterocycles. The van der Waals surface area contributed by atoms with Gasteiger partial charge in [-0.15, -0.1) is 0 Å². The fraction of sp³-hybridized carbons (Fsp3) is 0.476. The lowest BCUT2D eigenvalue weighted by Gasteiger charge is -2.36. The molecule has 28 heavy (non-hydrogen) atoms. The minimum absolute atomic E-state index is 0.0699. The summed E-state index contributed by atoms with van der Waals surface area (Å²) in [4.78, 5) is 26.7. The van der Waals surface area contributed by atoms with Gasteiger partial charge >= 0.3 is 0 Å². The molecule has 7 heteroatoms. The van der Waals surface area contributed by atoms with Crippen LogP contribution < -0.4 is 9.80 Å². The van der Waals surface area contributed by atoms with E-state index in [0.717, 1.165) is 55.2 Å². The van der Waals surface area contributed by atoms with Gasteiger partial charge in [-0.2, -0.15) is 0 Å². The second kappa shape index (κ2) is 7.85. The highest BCUT2D eigenvalue weighted by molar-refractivity contribution is 5.94. The van der Waals surface area contributed by atoms with Crippen molar-refractivity contribution in [2.24, 2.45) is 0 Å². The van der Waals surface area contributed by atoms with Crippen LogP contribution in [-0.4, -0.2) is 64.6 Å². The second-order valence-electron chi connectivity index (χ2n) is 7.70. The molecule has 1 aromatic heterocycles. The highest BCUT2D eigenvalue weighted by atomic mass is 16.3. The van der Waals surface area contributed by atoms with Crippen molar-refractivity contribution < 1.29 is 9.90 Å². The van der Waals surface area contributed by atoms with Gasteiger partial charge in [0, 0.05) is 63.8 Å². The molecule has 3 heterocycles. The number of carbonyl (C=O) groups excluding carboxylic acids is 1. The monoisotopic (exact) mass is 381 g/mol. The molecule has 2 aromatic rings. The number of hydrogen-bond donors (Lipinski definition) is 1. The standard InChI is InChI=1S/C21H27N5O2/c1-15-11-18-12-17(3-4-19(18)26(15)16(2)27)20(28)14-24-7-9-25(10-8-24)21-13-22-5-6-23-21/h3-6,12-13,15,20,28H,7-11,14H2,1-2H3/t15-,20-/m0/s1. The van der Waals surface area contributed by atoms with Gasteiger partial charge in [0.2, 0.25) is 5.91 Å². The first-order valence-corrected chi connectivity index (χ1v) is 9.87. The van der Waals surface area contributed by atoms with Gasteiger partial charge in [-0.3, -0.25) is 14.7 Å². The molecule has 4 rings (SSSR count). The van der Waals surface area contributed by atoms with Gasteiger partial charge in [0.15, 0.2) is 0 Å². The van der Waals surface area contributed by atoms with Crippen LogP contribution in [0.5, 0.6) is 0 Å². The van der Waals surface area contributed by atoms with Crippen LogP contribution in [0.1, 0.15) is 31.1 Å². The summed E-state index contributed by atoms with van der Waals surface area (Å²) in [5.41, 5.74) is 3.05. The van der Waals surface area contributed by atoms with Crippen LogP contribution in [0.3, 0.4) is 0 Å². The predicted octanol–water partition coefficient (Wildman–Crippen LogP) is 1.63. The third-order valence-corrected chi connectivity index (χ3v) is 5.72. The molecule has 0 saturated carbocycles. The zero-order valence-corrected chi connectivity index (χ0v) is 16.5. The molecule has 0 unspecified atom stereocenters. The van der Waals surface area contributed by atoms with Crippen LogP contribution in [-0.2, 0) is 11.2 Å². The Morgan fingerprint density at radius 1 is 1.25 bits per heavy atom. The maximum absolute atomic E-state index is 11.9. The van der Waals surface area contributed by atoms with Crippen molar-refractivity contribution in [1.82, 2.24) is 14.9 Å². The molecule has 1 N–H and O–H groups in total. The first-order chi connectivity index (χ1) is 13.5. The molecule has 7 nitrogen and oxygen atoms in total. The summed E-state index contributed by atoms with van der Waals surface area (Å²) < 4.78 is 0. The zero-order chi connectivity index (χ0) is 19.7. The Balaban J connectivity index is 1.37. The molecule has 2 aliphatic rings. The lowest BCUT2D eigenvalue weighted by Crippen LogP contribution is -2.47. The predicted molar refractivity (Wildman–Crippen MR) is 108 cm³/mol. The number of rotatable bonds is 4. The van der Waals surface area contributed by atoms with E-state index in [2.05, 4.69) is 32.8 Å². The molecule has 2 atom stereocenters. The summed E-state index contributed by atoms with van der Waals surface area (Å²) in [6.45, 7) is 7.80. The maximum atomic E-state index is 11.9. The van der Waals surface area contributed by atoms with Crippen LogP contribution in [0.2, 0.25) is 0 Å². The summed E-state index contributed by atoms with van der Waals surface area (Å²) in [7, 11) is 0. The number of fused-ring (bicyclic) bond motifs is 1. The van der Waals surface area contributed by atoms with Gasteiger partial charge in [0.25, 0.3) is 0 Å². The van der Waals surface area contributed by atoms with Gasteiger partial charge < -0.3 is 14.9 Å². The molecule has 1 aromatic carbocycles. The molecule has 0 bridgehead atoms. The van der Waals surface area contributed by atoms with E-state index in [1.165, 1.54) is 0 Å². The lowest BCUT2D eigenvalue weighted by atomic mass is 10.0. The van der Waals surface area contributed by atoms with E-state index in [4.69, 9.17) is 0 Å². The zero-order valence-electron chi connectivity index (χ0n) is 16.5. The number of benzene rings is 1. The molecule has 148 valence electrons. The highest BCUT2D eigenvalue weighted by Crippen LogP contribution is 2.34. The van der Waals surface area contributed by atoms with E-state index in [-0.39, 0.29) is 11.9 Å². The van der Waals surface area contributed by atoms with Gasteiger partial charge in [-0.05, 0) is 30.5 Å². The van der Waals surface area contributed by atoms with E-state index in [9.17, 15) is 9.90 Å². The van der Waals surface area contributed by atoms with Crippen LogP contribution in [0.4, 0.5) is 11.5 Å². The normalized spacial score (nSPS) is 20.9. The number of aromatic nitrogens is 2. The van der Waals surface area contributed by atoms with E-state index < -0.39 is 6.10 Å². The Hall–Kier alpha value is -2.51. The fourth-order valence-corrected chi connectivity index (χ4v) is 4.30. The van der Waals surface area contributed by atoms with Crippen molar-refractivity contribution in [2.75, 3.05) is 42.5 Å². The summed E-state index contributed by atoms with van der Waals surface area (Å²) >= 11 is 0. The summed E-state index contributed by atoms with van der Waals surface area (Å²) in [6, 6.07) is 6.17. The number of amides is 1. The lowest BCUT2D eigenvalue weighted by molar-refractivity contribution is -0.116. The molecule has 1 fully saturated rings. The van der Waals surface area contributed by atoms with Crippen LogP contribution >= 0.6 is 0 Å². The Kier molecular flexibility index (Phi) is 5.28. The van der Waals surface area contributed by atoms with Crippen molar-refractivity contribution in [3.8, 4) is 0 Å². The first kappa shape index (κ1) is 18.8. The SMILES string of the molecule is CC(=O)N1c2ccc([C@@H](O)CN3CCN(c4cnccn4)CC3)cc2C[C@@H]1C. The van der Waals surface area contributed by atoms with Gasteiger partial charge in [0.05, 0.1) is 12.3 Å². The highest BCUT2D eigenvalue weighted by Gasteiger charge is 2.29. The second-order valence-corrected chi connectivity index (χ2v) is 7.70. The number of aliphatic hydroxyl groups is 1. The van der Waals surface area contributed by atoms with Gasteiger partial charge in [-0.25, -0.2) is 4.98 Å². The van der Waals surface area contributed by atoms with Crippen LogP contribution in [0.25, 0.3) is 0 Å². The Morgan fingerprint density at radius 2 is 2.04 bits per heavy atom. The van der Waals surface area contributed by atoms with Gasteiger partial charge in [-0.1, -0.05) is 12.1 Å². The largest absolute Gasteiger partial charge is 0.387 e. The average Bonchev–Trinajstić information content (AvgIpc) is 3.04. The number of carbonyl (C=O) groups is 1. The minimum atomic E-state index is -0.532. The van der Waals surface area contributed by atoms with E-state index in [1.807, 2.05) is 17.0 Å². The summed E-state index contributed by atoms with van der Waals surface area (Å²) in [5, 5.41) is 10.8. The van der Waals surface area contributed by atoms with Gasteiger partial charge in [0.1, 0.15) is 5.82 Å². The van der Waals surface area contributed by atoms with E-state index >= 15 is 0 Å². The first-order valence-electron chi connectivity index (χ1n) is 9.87. The average molecular weight is 381 g/mol. The number of β-amino-alcohol motifs (C(OH)–C–C–N with tert-alkyl or cyclic N) is 1. The van der Waals surface area contributed by atoms with Crippen LogP contribution in [0.15, 0.2) is 36.8 Å². The number of anilines is 2. The van der Waals surface area contributed by atoms with Crippen LogP contribution in [0, 0.1) is 0 Å². The minimum Gasteiger partial charge on any atom is -0.387 e. The molecule has 2 aliphatic heterocycles. The molecular weight excluding hydrogens is 354 g/mol. The molecule has 1 amide bonds. The number of hydrogen-bond acceptors (Lipinski definition) is 6. The van der Waals surface area contributed by atoms with Crippen molar-refractivity contribution in [3.05, 3.63) is 47.9 Å². The number of aliphatic hydroxyl groups excluding tert-OH is 1. The molecule has 0 spiro atoms. The summed E-state index contributed by atoms with van der Waals surface area (Å²) in [5.74, 6) is 0.978. The van der Waals surface area contributed by atoms with Crippen molar-refractivity contribution >= 4 is 17.4 Å². The van der Waals surface area contributed by atoms with Crippen molar-refractivity contribution in [2.45, 2.75) is 32.4 Å². The smallest absolute Gasteiger partial charge is 0.224 e. The Morgan fingerprint density at radius 3 is 2.71 bits per heavy atom. The third-order valence-electron chi connectivity index (χ3n) is 5.72. The Bertz CT molecular complexity index is 836. The number of piperazine rings is 1. The number of nitrogens with zero attached hydrogens (tertiary/aromatic N) is 5. The van der Waals surface area contributed by atoms with E-state index in [1.54, 1.807) is 25.5 Å². The third kappa shape index (κ3) is 3.72. The molecule has 0 radical (unpaired) electrons. The van der Waals surface area contributed by atoms with Crippen molar-refractivity contribution in [3.63, 3.8) is 0 Å². The van der Waals surface area contributed by atoms with Crippen molar-refractivity contribution in [1.29, 1.82) is 0 Å².